The Hall–Kier alpha value is -3.82. The summed E-state index contributed by atoms with van der Waals surface area (Å²) in [6.07, 6.45) is -4.24. The standard InChI is InChI=1S/C20H17F3N4O3/c1-29-13-8-9-14(16(10-13)30-2)18-25-19(27-26-18)24-17(28)11-15(20(21,22)23)12-6-4-3-5-7-12/h3-11H,1-2H3,(H2,24,25,26,27,28)/b15-11-. The molecule has 2 N–H and O–H groups in total. The van der Waals surface area contributed by atoms with Gasteiger partial charge < -0.3 is 9.47 Å². The molecule has 0 aliphatic carbocycles. The Bertz CT molecular complexity index is 1060. The fourth-order valence-electron chi connectivity index (χ4n) is 2.66. The van der Waals surface area contributed by atoms with Crippen molar-refractivity contribution in [1.82, 2.24) is 15.2 Å². The number of amides is 1. The number of hydrogen-bond acceptors (Lipinski definition) is 5. The van der Waals surface area contributed by atoms with Gasteiger partial charge in [-0.25, -0.2) is 0 Å². The second-order valence-electron chi connectivity index (χ2n) is 5.98. The maximum absolute atomic E-state index is 13.4. The van der Waals surface area contributed by atoms with Crippen molar-refractivity contribution in [1.29, 1.82) is 0 Å². The molecule has 0 atom stereocenters. The summed E-state index contributed by atoms with van der Waals surface area (Å²) in [6.45, 7) is 0. The monoisotopic (exact) mass is 418 g/mol. The van der Waals surface area contributed by atoms with E-state index in [1.54, 1.807) is 24.3 Å². The number of aromatic nitrogens is 3. The minimum atomic E-state index is -4.71. The molecule has 0 fully saturated rings. The first-order valence-corrected chi connectivity index (χ1v) is 8.62. The van der Waals surface area contributed by atoms with E-state index in [1.165, 1.54) is 38.5 Å². The molecule has 0 aliphatic heterocycles. The zero-order valence-corrected chi connectivity index (χ0v) is 15.9. The van der Waals surface area contributed by atoms with E-state index in [0.717, 1.165) is 0 Å². The fourth-order valence-corrected chi connectivity index (χ4v) is 2.66. The van der Waals surface area contributed by atoms with Crippen molar-refractivity contribution < 1.29 is 27.4 Å². The minimum absolute atomic E-state index is 0.126. The second kappa shape index (κ2) is 8.68. The number of carbonyl (C=O) groups is 1. The van der Waals surface area contributed by atoms with Gasteiger partial charge in [-0.05, 0) is 17.7 Å². The third kappa shape index (κ3) is 4.77. The van der Waals surface area contributed by atoms with E-state index >= 15 is 0 Å². The summed E-state index contributed by atoms with van der Waals surface area (Å²) in [7, 11) is 2.97. The molecule has 0 saturated carbocycles. The van der Waals surface area contributed by atoms with Crippen molar-refractivity contribution in [2.45, 2.75) is 6.18 Å². The Labute approximate surface area is 169 Å². The summed E-state index contributed by atoms with van der Waals surface area (Å²) >= 11 is 0. The fraction of sp³-hybridized carbons (Fsp3) is 0.150. The van der Waals surface area contributed by atoms with Crippen LogP contribution in [0.3, 0.4) is 0 Å². The quantitative estimate of drug-likeness (QED) is 0.589. The first-order chi connectivity index (χ1) is 14.3. The van der Waals surface area contributed by atoms with E-state index in [-0.39, 0.29) is 17.3 Å². The third-order valence-electron chi connectivity index (χ3n) is 4.05. The zero-order valence-electron chi connectivity index (χ0n) is 15.9. The topological polar surface area (TPSA) is 89.1 Å². The molecule has 0 saturated heterocycles. The molecule has 0 aliphatic rings. The predicted octanol–water partition coefficient (Wildman–Crippen LogP) is 4.07. The molecule has 0 unspecified atom stereocenters. The van der Waals surface area contributed by atoms with Crippen LogP contribution in [0.4, 0.5) is 19.1 Å². The number of aromatic amines is 1. The van der Waals surface area contributed by atoms with Crippen LogP contribution in [0.1, 0.15) is 5.56 Å². The molecule has 0 spiro atoms. The van der Waals surface area contributed by atoms with Crippen LogP contribution in [-0.4, -0.2) is 41.5 Å². The van der Waals surface area contributed by atoms with Crippen molar-refractivity contribution in [2.24, 2.45) is 0 Å². The number of rotatable bonds is 6. The van der Waals surface area contributed by atoms with Gasteiger partial charge in [0.05, 0.1) is 25.4 Å². The molecule has 1 aromatic heterocycles. The molecule has 2 aromatic carbocycles. The lowest BCUT2D eigenvalue weighted by atomic mass is 10.1. The Balaban J connectivity index is 1.83. The molecule has 10 heteroatoms. The number of benzene rings is 2. The number of allylic oxidation sites excluding steroid dienone is 1. The van der Waals surface area contributed by atoms with E-state index < -0.39 is 17.7 Å². The van der Waals surface area contributed by atoms with Crippen molar-refractivity contribution in [3.8, 4) is 22.9 Å². The number of alkyl halides is 3. The Morgan fingerprint density at radius 3 is 2.47 bits per heavy atom. The van der Waals surface area contributed by atoms with Crippen LogP contribution in [0, 0.1) is 0 Å². The Morgan fingerprint density at radius 1 is 1.10 bits per heavy atom. The Morgan fingerprint density at radius 2 is 1.83 bits per heavy atom. The van der Waals surface area contributed by atoms with E-state index in [2.05, 4.69) is 20.5 Å². The molecule has 3 aromatic rings. The van der Waals surface area contributed by atoms with Crippen molar-refractivity contribution in [3.05, 3.63) is 60.2 Å². The average Bonchev–Trinajstić information content (AvgIpc) is 3.19. The Kier molecular flexibility index (Phi) is 6.05. The highest BCUT2D eigenvalue weighted by Crippen LogP contribution is 2.34. The van der Waals surface area contributed by atoms with Gasteiger partial charge in [-0.3, -0.25) is 15.2 Å². The van der Waals surface area contributed by atoms with Crippen LogP contribution in [-0.2, 0) is 4.79 Å². The molecular formula is C20H17F3N4O3. The highest BCUT2D eigenvalue weighted by Gasteiger charge is 2.35. The van der Waals surface area contributed by atoms with Crippen LogP contribution in [0.5, 0.6) is 11.5 Å². The lowest BCUT2D eigenvalue weighted by Crippen LogP contribution is -2.16. The minimum Gasteiger partial charge on any atom is -0.497 e. The molecular weight excluding hydrogens is 401 g/mol. The predicted molar refractivity (Wildman–Crippen MR) is 104 cm³/mol. The van der Waals surface area contributed by atoms with Gasteiger partial charge in [0.1, 0.15) is 11.5 Å². The number of methoxy groups -OCH3 is 2. The van der Waals surface area contributed by atoms with Gasteiger partial charge in [-0.15, -0.1) is 5.10 Å². The first kappa shape index (κ1) is 20.9. The van der Waals surface area contributed by atoms with Crippen LogP contribution in [0.2, 0.25) is 0 Å². The number of nitrogens with one attached hydrogen (secondary N) is 2. The van der Waals surface area contributed by atoms with Crippen LogP contribution >= 0.6 is 0 Å². The molecule has 3 rings (SSSR count). The van der Waals surface area contributed by atoms with Crippen LogP contribution < -0.4 is 14.8 Å². The van der Waals surface area contributed by atoms with Crippen molar-refractivity contribution in [2.75, 3.05) is 19.5 Å². The van der Waals surface area contributed by atoms with E-state index in [4.69, 9.17) is 9.47 Å². The highest BCUT2D eigenvalue weighted by molar-refractivity contribution is 6.03. The maximum atomic E-state index is 13.4. The van der Waals surface area contributed by atoms with Crippen molar-refractivity contribution in [3.63, 3.8) is 0 Å². The van der Waals surface area contributed by atoms with Gasteiger partial charge >= 0.3 is 6.18 Å². The molecule has 1 amide bonds. The first-order valence-electron chi connectivity index (χ1n) is 8.62. The number of H-pyrrole nitrogens is 1. The summed E-state index contributed by atoms with van der Waals surface area (Å²) in [5, 5.41) is 8.67. The summed E-state index contributed by atoms with van der Waals surface area (Å²) < 4.78 is 50.5. The summed E-state index contributed by atoms with van der Waals surface area (Å²) in [5.41, 5.74) is -0.672. The smallest absolute Gasteiger partial charge is 0.417 e. The number of hydrogen-bond donors (Lipinski definition) is 2. The molecule has 156 valence electrons. The second-order valence-corrected chi connectivity index (χ2v) is 5.98. The lowest BCUT2D eigenvalue weighted by Gasteiger charge is -2.11. The van der Waals surface area contributed by atoms with Gasteiger partial charge in [0.15, 0.2) is 5.82 Å². The van der Waals surface area contributed by atoms with Crippen molar-refractivity contribution >= 4 is 17.4 Å². The molecule has 0 radical (unpaired) electrons. The van der Waals surface area contributed by atoms with E-state index in [9.17, 15) is 18.0 Å². The molecule has 7 nitrogen and oxygen atoms in total. The lowest BCUT2D eigenvalue weighted by molar-refractivity contribution is -0.112. The normalized spacial score (nSPS) is 11.8. The molecule has 0 bridgehead atoms. The van der Waals surface area contributed by atoms with E-state index in [0.29, 0.717) is 23.1 Å². The number of ether oxygens (including phenoxy) is 2. The molecule has 30 heavy (non-hydrogen) atoms. The largest absolute Gasteiger partial charge is 0.497 e. The number of anilines is 1. The van der Waals surface area contributed by atoms with Gasteiger partial charge in [-0.1, -0.05) is 30.3 Å². The maximum Gasteiger partial charge on any atom is 0.417 e. The number of halogens is 3. The number of nitrogens with zero attached hydrogens (tertiary/aromatic N) is 2. The van der Waals surface area contributed by atoms with Gasteiger partial charge in [-0.2, -0.15) is 18.2 Å². The third-order valence-corrected chi connectivity index (χ3v) is 4.05. The average molecular weight is 418 g/mol. The van der Waals surface area contributed by atoms with Gasteiger partial charge in [0.2, 0.25) is 5.95 Å². The summed E-state index contributed by atoms with van der Waals surface area (Å²) in [4.78, 5) is 16.3. The number of carbonyl (C=O) groups excluding carboxylic acids is 1. The highest BCUT2D eigenvalue weighted by atomic mass is 19.4. The van der Waals surface area contributed by atoms with E-state index in [1.807, 2.05) is 0 Å². The summed E-state index contributed by atoms with van der Waals surface area (Å²) in [6, 6.07) is 12.0. The zero-order chi connectivity index (χ0) is 21.7. The molecule has 1 heterocycles. The van der Waals surface area contributed by atoms with Gasteiger partial charge in [0.25, 0.3) is 5.91 Å². The summed E-state index contributed by atoms with van der Waals surface area (Å²) in [5.74, 6) is 0.0612. The van der Waals surface area contributed by atoms with Gasteiger partial charge in [0, 0.05) is 12.1 Å². The van der Waals surface area contributed by atoms with Crippen LogP contribution in [0.15, 0.2) is 54.6 Å². The SMILES string of the molecule is COc1ccc(-c2nc(NC(=O)/C=C(/c3ccccc3)C(F)(F)F)n[nH]2)c(OC)c1. The van der Waals surface area contributed by atoms with Crippen LogP contribution in [0.25, 0.3) is 17.0 Å².